The number of hydrogen-bond acceptors (Lipinski definition) is 8. The molecule has 2 heterocycles. The number of rotatable bonds is 5. The molecule has 10 nitrogen and oxygen atoms in total. The Balaban J connectivity index is 1.92. The van der Waals surface area contributed by atoms with Gasteiger partial charge in [0.25, 0.3) is 0 Å². The Morgan fingerprint density at radius 1 is 1.09 bits per heavy atom. The van der Waals surface area contributed by atoms with Crippen LogP contribution in [0.15, 0.2) is 18.3 Å². The van der Waals surface area contributed by atoms with E-state index in [1.165, 1.54) is 10.5 Å². The molecule has 1 N–H and O–H groups in total. The van der Waals surface area contributed by atoms with E-state index in [1.807, 2.05) is 35.6 Å². The van der Waals surface area contributed by atoms with Crippen LogP contribution in [0.5, 0.6) is 0 Å². The number of carbonyl (C=O) groups is 2. The average molecular weight is 507 g/mol. The number of benzene rings is 1. The van der Waals surface area contributed by atoms with Gasteiger partial charge < -0.3 is 14.4 Å². The van der Waals surface area contributed by atoms with Crippen molar-refractivity contribution in [2.45, 2.75) is 53.6 Å². The number of hydrogen-bond donors (Lipinski definition) is 1. The largest absolute Gasteiger partial charge is 0.462 e. The van der Waals surface area contributed by atoms with Crippen molar-refractivity contribution in [1.29, 1.82) is 0 Å². The molecule has 1 aromatic carbocycles. The predicted octanol–water partition coefficient (Wildman–Crippen LogP) is 3.31. The van der Waals surface area contributed by atoms with Crippen LogP contribution in [0.2, 0.25) is 0 Å². The van der Waals surface area contributed by atoms with Crippen molar-refractivity contribution >= 4 is 38.9 Å². The number of anilines is 1. The van der Waals surface area contributed by atoms with Crippen molar-refractivity contribution in [3.8, 4) is 0 Å². The van der Waals surface area contributed by atoms with Crippen molar-refractivity contribution in [2.24, 2.45) is 0 Å². The fraction of sp³-hybridized carbons (Fsp3) is 0.542. The first-order chi connectivity index (χ1) is 16.3. The second kappa shape index (κ2) is 10.4. The van der Waals surface area contributed by atoms with Gasteiger partial charge in [-0.3, -0.25) is 4.98 Å². The summed E-state index contributed by atoms with van der Waals surface area (Å²) in [5.41, 5.74) is 3.08. The molecule has 192 valence electrons. The standard InChI is InChI=1S/C24H34N4O6S/c1-7-33-22(29)19-15-25-20-14-17(3)16(2)13-18(20)21(19)27-9-8-10-28(12-11-27)35(31,32)26-23(30)34-24(4,5)6/h13-15H,7-12H2,1-6H3,(H,26,30). The van der Waals surface area contributed by atoms with E-state index in [0.717, 1.165) is 22.0 Å². The fourth-order valence-corrected chi connectivity index (χ4v) is 5.04. The van der Waals surface area contributed by atoms with Crippen molar-refractivity contribution in [3.05, 3.63) is 35.0 Å². The van der Waals surface area contributed by atoms with Gasteiger partial charge in [0, 0.05) is 37.8 Å². The van der Waals surface area contributed by atoms with Gasteiger partial charge in [-0.2, -0.15) is 12.7 Å². The van der Waals surface area contributed by atoms with Crippen LogP contribution in [-0.2, 0) is 19.7 Å². The van der Waals surface area contributed by atoms with Gasteiger partial charge in [-0.25, -0.2) is 14.3 Å². The highest BCUT2D eigenvalue weighted by atomic mass is 32.2. The van der Waals surface area contributed by atoms with Crippen LogP contribution in [-0.4, -0.2) is 68.2 Å². The van der Waals surface area contributed by atoms with Gasteiger partial charge in [0.05, 0.1) is 17.8 Å². The smallest absolute Gasteiger partial charge is 0.422 e. The Kier molecular flexibility index (Phi) is 7.90. The second-order valence-corrected chi connectivity index (χ2v) is 11.2. The van der Waals surface area contributed by atoms with E-state index in [9.17, 15) is 18.0 Å². The van der Waals surface area contributed by atoms with E-state index < -0.39 is 27.9 Å². The van der Waals surface area contributed by atoms with Crippen molar-refractivity contribution in [3.63, 3.8) is 0 Å². The number of esters is 1. The van der Waals surface area contributed by atoms with Crippen LogP contribution in [0.4, 0.5) is 10.5 Å². The number of nitrogens with one attached hydrogen (secondary N) is 1. The Labute approximate surface area is 206 Å². The Morgan fingerprint density at radius 3 is 2.43 bits per heavy atom. The van der Waals surface area contributed by atoms with E-state index >= 15 is 0 Å². The summed E-state index contributed by atoms with van der Waals surface area (Å²) < 4.78 is 39.3. The molecule has 1 aromatic heterocycles. The molecule has 1 aliphatic heterocycles. The van der Waals surface area contributed by atoms with Gasteiger partial charge in [0.1, 0.15) is 11.2 Å². The Morgan fingerprint density at radius 2 is 1.77 bits per heavy atom. The molecule has 0 aliphatic carbocycles. The number of nitrogens with zero attached hydrogens (tertiary/aromatic N) is 3. The van der Waals surface area contributed by atoms with Gasteiger partial charge in [0.2, 0.25) is 0 Å². The van der Waals surface area contributed by atoms with Gasteiger partial charge in [-0.1, -0.05) is 0 Å². The maximum absolute atomic E-state index is 12.8. The molecule has 1 saturated heterocycles. The third kappa shape index (κ3) is 6.40. The minimum Gasteiger partial charge on any atom is -0.462 e. The monoisotopic (exact) mass is 506 g/mol. The van der Waals surface area contributed by atoms with Crippen LogP contribution in [0.3, 0.4) is 0 Å². The van der Waals surface area contributed by atoms with E-state index in [1.54, 1.807) is 27.7 Å². The van der Waals surface area contributed by atoms with Crippen LogP contribution < -0.4 is 9.62 Å². The molecule has 0 spiro atoms. The number of pyridine rings is 1. The van der Waals surface area contributed by atoms with Gasteiger partial charge in [-0.15, -0.1) is 0 Å². The average Bonchev–Trinajstić information content (AvgIpc) is 2.99. The molecule has 0 bridgehead atoms. The summed E-state index contributed by atoms with van der Waals surface area (Å²) in [6.07, 6.45) is 0.995. The molecule has 0 unspecified atom stereocenters. The summed E-state index contributed by atoms with van der Waals surface area (Å²) in [7, 11) is -4.10. The minimum absolute atomic E-state index is 0.120. The summed E-state index contributed by atoms with van der Waals surface area (Å²) in [5, 5.41) is 0.807. The lowest BCUT2D eigenvalue weighted by Crippen LogP contribution is -2.46. The highest BCUT2D eigenvalue weighted by molar-refractivity contribution is 7.87. The number of aromatic nitrogens is 1. The molecule has 2 aromatic rings. The number of amides is 1. The SMILES string of the molecule is CCOC(=O)c1cnc2cc(C)c(C)cc2c1N1CCCN(S(=O)(=O)NC(=O)OC(C)(C)C)CC1. The van der Waals surface area contributed by atoms with E-state index in [4.69, 9.17) is 9.47 Å². The molecule has 0 saturated carbocycles. The molecule has 3 rings (SSSR count). The molecule has 1 fully saturated rings. The molecular weight excluding hydrogens is 472 g/mol. The molecule has 11 heteroatoms. The number of ether oxygens (including phenoxy) is 2. The predicted molar refractivity (Wildman–Crippen MR) is 134 cm³/mol. The quantitative estimate of drug-likeness (QED) is 0.614. The molecular formula is C24H34N4O6S. The first-order valence-corrected chi connectivity index (χ1v) is 13.1. The van der Waals surface area contributed by atoms with E-state index in [0.29, 0.717) is 30.8 Å². The summed E-state index contributed by atoms with van der Waals surface area (Å²) >= 11 is 0. The normalized spacial score (nSPS) is 15.5. The fourth-order valence-electron chi connectivity index (χ4n) is 3.96. The number of carbonyl (C=O) groups excluding carboxylic acids is 2. The topological polar surface area (TPSA) is 118 Å². The zero-order valence-electron chi connectivity index (χ0n) is 21.2. The van der Waals surface area contributed by atoms with Gasteiger partial charge >= 0.3 is 22.3 Å². The van der Waals surface area contributed by atoms with Gasteiger partial charge in [0.15, 0.2) is 0 Å². The molecule has 0 radical (unpaired) electrons. The maximum Gasteiger partial charge on any atom is 0.422 e. The first kappa shape index (κ1) is 26.7. The third-order valence-corrected chi connectivity index (χ3v) is 7.14. The molecule has 1 amide bonds. The van der Waals surface area contributed by atoms with E-state index in [2.05, 4.69) is 4.98 Å². The maximum atomic E-state index is 12.8. The summed E-state index contributed by atoms with van der Waals surface area (Å²) in [4.78, 5) is 31.3. The van der Waals surface area contributed by atoms with Crippen LogP contribution >= 0.6 is 0 Å². The lowest BCUT2D eigenvalue weighted by atomic mass is 10.0. The number of fused-ring (bicyclic) bond motifs is 1. The van der Waals surface area contributed by atoms with Gasteiger partial charge in [-0.05, 0) is 71.2 Å². The van der Waals surface area contributed by atoms with Crippen LogP contribution in [0.25, 0.3) is 10.9 Å². The Hall–Kier alpha value is -2.92. The lowest BCUT2D eigenvalue weighted by molar-refractivity contribution is 0.0523. The molecule has 0 atom stereocenters. The summed E-state index contributed by atoms with van der Waals surface area (Å²) in [5.74, 6) is -0.476. The van der Waals surface area contributed by atoms with Crippen LogP contribution in [0.1, 0.15) is 55.6 Å². The Bertz CT molecular complexity index is 1220. The van der Waals surface area contributed by atoms with Crippen molar-refractivity contribution < 1.29 is 27.5 Å². The molecule has 1 aliphatic rings. The van der Waals surface area contributed by atoms with Crippen LogP contribution in [0, 0.1) is 13.8 Å². The molecule has 35 heavy (non-hydrogen) atoms. The third-order valence-electron chi connectivity index (χ3n) is 5.67. The minimum atomic E-state index is -4.10. The summed E-state index contributed by atoms with van der Waals surface area (Å²) in [6.45, 7) is 12.1. The lowest BCUT2D eigenvalue weighted by Gasteiger charge is -2.27. The highest BCUT2D eigenvalue weighted by Crippen LogP contribution is 2.33. The van der Waals surface area contributed by atoms with Crippen molar-refractivity contribution in [1.82, 2.24) is 14.0 Å². The van der Waals surface area contributed by atoms with Crippen molar-refractivity contribution in [2.75, 3.05) is 37.7 Å². The number of aryl methyl sites for hydroxylation is 2. The van der Waals surface area contributed by atoms with E-state index in [-0.39, 0.29) is 19.7 Å². The summed E-state index contributed by atoms with van der Waals surface area (Å²) in [6, 6.07) is 3.97. The first-order valence-electron chi connectivity index (χ1n) is 11.7. The second-order valence-electron chi connectivity index (χ2n) is 9.54. The zero-order chi connectivity index (χ0) is 26.0. The zero-order valence-corrected chi connectivity index (χ0v) is 22.0. The highest BCUT2D eigenvalue weighted by Gasteiger charge is 2.30.